The van der Waals surface area contributed by atoms with Gasteiger partial charge in [0.1, 0.15) is 18.1 Å². The Labute approximate surface area is 141 Å². The summed E-state index contributed by atoms with van der Waals surface area (Å²) in [6.07, 6.45) is 6.88. The fourth-order valence-electron chi connectivity index (χ4n) is 1.89. The number of terminal acetylenes is 1. The summed E-state index contributed by atoms with van der Waals surface area (Å²) < 4.78 is 10.7. The highest BCUT2D eigenvalue weighted by Crippen LogP contribution is 2.22. The predicted molar refractivity (Wildman–Crippen MR) is 93.2 cm³/mol. The van der Waals surface area contributed by atoms with Crippen molar-refractivity contribution in [1.29, 1.82) is 0 Å². The van der Waals surface area contributed by atoms with Crippen LogP contribution in [0.5, 0.6) is 11.5 Å². The fourth-order valence-corrected chi connectivity index (χ4v) is 2.10. The molecule has 4 nitrogen and oxygen atoms in total. The van der Waals surface area contributed by atoms with Gasteiger partial charge in [-0.25, -0.2) is 0 Å². The molecular formula is C18H17ClN2O2. The number of hydrogen-bond donors (Lipinski definition) is 1. The molecule has 0 bridgehead atoms. The maximum atomic E-state index is 6.10. The van der Waals surface area contributed by atoms with Crippen LogP contribution >= 0.6 is 11.6 Å². The van der Waals surface area contributed by atoms with Gasteiger partial charge < -0.3 is 14.9 Å². The van der Waals surface area contributed by atoms with Crippen LogP contribution in [-0.4, -0.2) is 19.9 Å². The monoisotopic (exact) mass is 328 g/mol. The Morgan fingerprint density at radius 2 is 2.13 bits per heavy atom. The Bertz CT molecular complexity index is 723. The SMILES string of the molecule is C#CCOc1ccc(OC)cc1/C=N\NCc1ccccc1Cl. The standard InChI is InChI=1S/C18H17ClN2O2/c1-3-10-23-18-9-8-16(22-2)11-15(18)13-21-20-12-14-6-4-5-7-17(14)19/h1,4-9,11,13,20H,10,12H2,2H3/b21-13-. The van der Waals surface area contributed by atoms with E-state index in [1.807, 2.05) is 30.3 Å². The van der Waals surface area contributed by atoms with E-state index in [0.29, 0.717) is 23.1 Å². The van der Waals surface area contributed by atoms with Gasteiger partial charge in [0.25, 0.3) is 0 Å². The first-order chi connectivity index (χ1) is 11.2. The summed E-state index contributed by atoms with van der Waals surface area (Å²) in [5, 5.41) is 4.90. The highest BCUT2D eigenvalue weighted by atomic mass is 35.5. The topological polar surface area (TPSA) is 42.9 Å². The second-order valence-corrected chi connectivity index (χ2v) is 4.99. The number of ether oxygens (including phenoxy) is 2. The normalized spacial score (nSPS) is 10.3. The van der Waals surface area contributed by atoms with Crippen molar-refractivity contribution in [3.8, 4) is 23.8 Å². The molecule has 2 rings (SSSR count). The van der Waals surface area contributed by atoms with Crippen LogP contribution in [0.3, 0.4) is 0 Å². The zero-order valence-corrected chi connectivity index (χ0v) is 13.5. The van der Waals surface area contributed by atoms with Crippen molar-refractivity contribution in [1.82, 2.24) is 5.43 Å². The summed E-state index contributed by atoms with van der Waals surface area (Å²) >= 11 is 6.10. The molecule has 0 aliphatic heterocycles. The molecule has 1 N–H and O–H groups in total. The second-order valence-electron chi connectivity index (χ2n) is 4.58. The molecule has 2 aromatic rings. The molecule has 0 aliphatic rings. The third kappa shape index (κ3) is 4.94. The van der Waals surface area contributed by atoms with Crippen LogP contribution in [-0.2, 0) is 6.54 Å². The van der Waals surface area contributed by atoms with E-state index < -0.39 is 0 Å². The van der Waals surface area contributed by atoms with Crippen LogP contribution < -0.4 is 14.9 Å². The Hall–Kier alpha value is -2.64. The first-order valence-corrected chi connectivity index (χ1v) is 7.36. The molecule has 0 aromatic heterocycles. The van der Waals surface area contributed by atoms with Crippen molar-refractivity contribution in [3.63, 3.8) is 0 Å². The van der Waals surface area contributed by atoms with Gasteiger partial charge >= 0.3 is 0 Å². The molecule has 0 amide bonds. The van der Waals surface area contributed by atoms with Gasteiger partial charge in [0.2, 0.25) is 0 Å². The van der Waals surface area contributed by atoms with E-state index in [0.717, 1.165) is 11.1 Å². The van der Waals surface area contributed by atoms with Gasteiger partial charge in [0, 0.05) is 10.6 Å². The Morgan fingerprint density at radius 3 is 2.87 bits per heavy atom. The van der Waals surface area contributed by atoms with Gasteiger partial charge in [0.05, 0.1) is 19.9 Å². The van der Waals surface area contributed by atoms with Gasteiger partial charge in [-0.15, -0.1) is 6.42 Å². The van der Waals surface area contributed by atoms with Crippen LogP contribution in [0.4, 0.5) is 0 Å². The lowest BCUT2D eigenvalue weighted by molar-refractivity contribution is 0.367. The van der Waals surface area contributed by atoms with Crippen molar-refractivity contribution >= 4 is 17.8 Å². The number of rotatable bonds is 7. The van der Waals surface area contributed by atoms with Crippen LogP contribution in [0.2, 0.25) is 5.02 Å². The maximum absolute atomic E-state index is 6.10. The van der Waals surface area contributed by atoms with E-state index >= 15 is 0 Å². The Morgan fingerprint density at radius 1 is 1.30 bits per heavy atom. The number of methoxy groups -OCH3 is 1. The van der Waals surface area contributed by atoms with E-state index in [-0.39, 0.29) is 6.61 Å². The summed E-state index contributed by atoms with van der Waals surface area (Å²) in [5.74, 6) is 3.80. The fraction of sp³-hybridized carbons (Fsp3) is 0.167. The first kappa shape index (κ1) is 16.7. The summed E-state index contributed by atoms with van der Waals surface area (Å²) in [5.41, 5.74) is 4.70. The van der Waals surface area contributed by atoms with Crippen LogP contribution in [0, 0.1) is 12.3 Å². The minimum Gasteiger partial charge on any atom is -0.497 e. The van der Waals surface area contributed by atoms with Crippen molar-refractivity contribution in [3.05, 3.63) is 58.6 Å². The molecule has 0 saturated carbocycles. The molecule has 0 heterocycles. The average molecular weight is 329 g/mol. The number of hydrogen-bond acceptors (Lipinski definition) is 4. The molecular weight excluding hydrogens is 312 g/mol. The van der Waals surface area contributed by atoms with Crippen molar-refractivity contribution in [2.45, 2.75) is 6.54 Å². The predicted octanol–water partition coefficient (Wildman–Crippen LogP) is 3.48. The largest absolute Gasteiger partial charge is 0.497 e. The molecule has 5 heteroatoms. The zero-order chi connectivity index (χ0) is 16.5. The minimum absolute atomic E-state index is 0.195. The summed E-state index contributed by atoms with van der Waals surface area (Å²) in [4.78, 5) is 0. The molecule has 0 radical (unpaired) electrons. The van der Waals surface area contributed by atoms with Crippen molar-refractivity contribution in [2.75, 3.05) is 13.7 Å². The Balaban J connectivity index is 2.05. The third-order valence-electron chi connectivity index (χ3n) is 3.05. The molecule has 23 heavy (non-hydrogen) atoms. The van der Waals surface area contributed by atoms with Crippen molar-refractivity contribution < 1.29 is 9.47 Å². The van der Waals surface area contributed by atoms with Crippen LogP contribution in [0.25, 0.3) is 0 Å². The number of nitrogens with one attached hydrogen (secondary N) is 1. The number of benzene rings is 2. The molecule has 0 unspecified atom stereocenters. The zero-order valence-electron chi connectivity index (χ0n) is 12.8. The van der Waals surface area contributed by atoms with E-state index in [2.05, 4.69) is 16.4 Å². The van der Waals surface area contributed by atoms with E-state index in [1.165, 1.54) is 0 Å². The van der Waals surface area contributed by atoms with Gasteiger partial charge in [-0.1, -0.05) is 35.7 Å². The van der Waals surface area contributed by atoms with E-state index in [4.69, 9.17) is 27.5 Å². The van der Waals surface area contributed by atoms with Gasteiger partial charge in [-0.05, 0) is 29.8 Å². The van der Waals surface area contributed by atoms with E-state index in [9.17, 15) is 0 Å². The molecule has 0 atom stereocenters. The number of nitrogens with zero attached hydrogens (tertiary/aromatic N) is 1. The summed E-state index contributed by atoms with van der Waals surface area (Å²) in [7, 11) is 1.61. The molecule has 0 spiro atoms. The molecule has 0 saturated heterocycles. The van der Waals surface area contributed by atoms with Gasteiger partial charge in [-0.2, -0.15) is 5.10 Å². The molecule has 0 aliphatic carbocycles. The first-order valence-electron chi connectivity index (χ1n) is 6.98. The second kappa shape index (κ2) is 8.72. The summed E-state index contributed by atoms with van der Waals surface area (Å²) in [6, 6.07) is 13.0. The van der Waals surface area contributed by atoms with Gasteiger partial charge in [0.15, 0.2) is 0 Å². The van der Waals surface area contributed by atoms with Crippen LogP contribution in [0.15, 0.2) is 47.6 Å². The summed E-state index contributed by atoms with van der Waals surface area (Å²) in [6.45, 7) is 0.723. The lowest BCUT2D eigenvalue weighted by Gasteiger charge is -2.08. The van der Waals surface area contributed by atoms with Gasteiger partial charge in [-0.3, -0.25) is 0 Å². The van der Waals surface area contributed by atoms with Crippen molar-refractivity contribution in [2.24, 2.45) is 5.10 Å². The lowest BCUT2D eigenvalue weighted by Crippen LogP contribution is -2.06. The van der Waals surface area contributed by atoms with Crippen LogP contribution in [0.1, 0.15) is 11.1 Å². The third-order valence-corrected chi connectivity index (χ3v) is 3.42. The highest BCUT2D eigenvalue weighted by Gasteiger charge is 2.04. The molecule has 0 fully saturated rings. The molecule has 118 valence electrons. The smallest absolute Gasteiger partial charge is 0.148 e. The quantitative estimate of drug-likeness (QED) is 0.480. The molecule has 2 aromatic carbocycles. The average Bonchev–Trinajstić information content (AvgIpc) is 2.58. The highest BCUT2D eigenvalue weighted by molar-refractivity contribution is 6.31. The lowest BCUT2D eigenvalue weighted by atomic mass is 10.2. The number of halogens is 1. The Kier molecular flexibility index (Phi) is 6.34. The van der Waals surface area contributed by atoms with E-state index in [1.54, 1.807) is 25.5 Å². The minimum atomic E-state index is 0.195. The maximum Gasteiger partial charge on any atom is 0.148 e. The number of hydrazone groups is 1.